The Kier molecular flexibility index (Phi) is 4.45. The van der Waals surface area contributed by atoms with Gasteiger partial charge in [-0.3, -0.25) is 4.79 Å². The minimum atomic E-state index is -0.533. The van der Waals surface area contributed by atoms with Gasteiger partial charge in [0.1, 0.15) is 0 Å². The molecule has 108 valence electrons. The van der Waals surface area contributed by atoms with Crippen molar-refractivity contribution in [3.05, 3.63) is 28.9 Å². The Morgan fingerprint density at radius 3 is 2.70 bits per heavy atom. The van der Waals surface area contributed by atoms with E-state index in [4.69, 9.17) is 16.3 Å². The van der Waals surface area contributed by atoms with Crippen molar-refractivity contribution in [1.29, 1.82) is 0 Å². The number of aromatic nitrogens is 1. The summed E-state index contributed by atoms with van der Waals surface area (Å²) < 4.78 is 5.48. The highest BCUT2D eigenvalue weighted by Gasteiger charge is 2.24. The molecular formula is C15H17BrClNO2. The molecule has 5 heteroatoms. The number of aryl methyl sites for hydroxylation is 1. The van der Waals surface area contributed by atoms with Crippen LogP contribution in [0.4, 0.5) is 0 Å². The summed E-state index contributed by atoms with van der Waals surface area (Å²) in [5.74, 6) is 0.294. The number of benzene rings is 1. The van der Waals surface area contributed by atoms with E-state index in [1.807, 2.05) is 32.9 Å². The van der Waals surface area contributed by atoms with Gasteiger partial charge in [-0.25, -0.2) is 0 Å². The first kappa shape index (κ1) is 15.4. The number of H-pyrrole nitrogens is 1. The Bertz CT molecular complexity index is 643. The lowest BCUT2D eigenvalue weighted by Crippen LogP contribution is -2.25. The molecule has 1 N–H and O–H groups in total. The molecule has 1 aromatic carbocycles. The van der Waals surface area contributed by atoms with Crippen molar-refractivity contribution in [2.24, 2.45) is 5.41 Å². The summed E-state index contributed by atoms with van der Waals surface area (Å²) in [5, 5.41) is 2.43. The van der Waals surface area contributed by atoms with Crippen LogP contribution in [0.25, 0.3) is 10.9 Å². The third-order valence-electron chi connectivity index (χ3n) is 2.99. The topological polar surface area (TPSA) is 42.1 Å². The van der Waals surface area contributed by atoms with Crippen molar-refractivity contribution < 1.29 is 9.53 Å². The van der Waals surface area contributed by atoms with Gasteiger partial charge in [0.05, 0.1) is 10.9 Å². The first-order valence-corrected chi connectivity index (χ1v) is 7.90. The molecule has 2 rings (SSSR count). The quantitative estimate of drug-likeness (QED) is 0.638. The molecule has 0 atom stereocenters. The van der Waals surface area contributed by atoms with Crippen LogP contribution < -0.4 is 4.74 Å². The monoisotopic (exact) mass is 357 g/mol. The van der Waals surface area contributed by atoms with E-state index < -0.39 is 5.41 Å². The van der Waals surface area contributed by atoms with Crippen LogP contribution in [0.3, 0.4) is 0 Å². The molecule has 0 fully saturated rings. The van der Waals surface area contributed by atoms with Crippen LogP contribution in [0.1, 0.15) is 26.3 Å². The van der Waals surface area contributed by atoms with Gasteiger partial charge in [-0.05, 0) is 44.9 Å². The number of hydrogen-bond acceptors (Lipinski definition) is 2. The second kappa shape index (κ2) is 5.78. The number of alkyl halides is 1. The average Bonchev–Trinajstić information content (AvgIpc) is 2.71. The molecule has 0 aliphatic heterocycles. The standard InChI is InChI=1S/C15H17BrClNO2/c1-15(2,3)14(19)20-13-8-18-12-7-11(17)9(4-5-16)6-10(12)13/h6-8,18H,4-5H2,1-3H3. The highest BCUT2D eigenvalue weighted by molar-refractivity contribution is 9.09. The van der Waals surface area contributed by atoms with Gasteiger partial charge in [-0.1, -0.05) is 27.5 Å². The Balaban J connectivity index is 2.40. The largest absolute Gasteiger partial charge is 0.424 e. The molecule has 0 aliphatic rings. The summed E-state index contributed by atoms with van der Waals surface area (Å²) in [6.07, 6.45) is 2.52. The molecule has 20 heavy (non-hydrogen) atoms. The number of fused-ring (bicyclic) bond motifs is 1. The van der Waals surface area contributed by atoms with Gasteiger partial charge < -0.3 is 9.72 Å². The molecule has 0 unspecified atom stereocenters. The molecule has 0 saturated carbocycles. The molecule has 0 radical (unpaired) electrons. The van der Waals surface area contributed by atoms with E-state index >= 15 is 0 Å². The molecule has 1 aromatic heterocycles. The Hall–Kier alpha value is -1.000. The van der Waals surface area contributed by atoms with Crippen molar-refractivity contribution in [3.8, 4) is 5.75 Å². The van der Waals surface area contributed by atoms with Crippen LogP contribution in [-0.2, 0) is 11.2 Å². The summed E-state index contributed by atoms with van der Waals surface area (Å²) in [5.41, 5.74) is 1.36. The van der Waals surface area contributed by atoms with E-state index in [0.717, 1.165) is 28.2 Å². The number of carbonyl (C=O) groups excluding carboxylic acids is 1. The first-order chi connectivity index (χ1) is 9.32. The summed E-state index contributed by atoms with van der Waals surface area (Å²) in [4.78, 5) is 15.1. The van der Waals surface area contributed by atoms with Gasteiger partial charge in [0.2, 0.25) is 0 Å². The number of ether oxygens (including phenoxy) is 1. The van der Waals surface area contributed by atoms with Gasteiger partial charge in [0.25, 0.3) is 0 Å². The second-order valence-corrected chi connectivity index (χ2v) is 6.92. The fraction of sp³-hybridized carbons (Fsp3) is 0.400. The minimum Gasteiger partial charge on any atom is -0.424 e. The van der Waals surface area contributed by atoms with Crippen LogP contribution in [-0.4, -0.2) is 16.3 Å². The molecule has 0 saturated heterocycles. The van der Waals surface area contributed by atoms with E-state index in [-0.39, 0.29) is 5.97 Å². The molecule has 0 bridgehead atoms. The minimum absolute atomic E-state index is 0.254. The Morgan fingerprint density at radius 1 is 1.40 bits per heavy atom. The van der Waals surface area contributed by atoms with Crippen molar-refractivity contribution in [2.75, 3.05) is 5.33 Å². The summed E-state index contributed by atoms with van der Waals surface area (Å²) >= 11 is 9.63. The highest BCUT2D eigenvalue weighted by atomic mass is 79.9. The van der Waals surface area contributed by atoms with Crippen LogP contribution in [0.15, 0.2) is 18.3 Å². The molecule has 0 spiro atoms. The van der Waals surface area contributed by atoms with Crippen LogP contribution in [0, 0.1) is 5.41 Å². The maximum atomic E-state index is 12.0. The lowest BCUT2D eigenvalue weighted by Gasteiger charge is -2.15. The van der Waals surface area contributed by atoms with E-state index in [1.165, 1.54) is 0 Å². The maximum absolute atomic E-state index is 12.0. The smallest absolute Gasteiger partial charge is 0.316 e. The zero-order valence-electron chi connectivity index (χ0n) is 11.7. The second-order valence-electron chi connectivity index (χ2n) is 5.72. The zero-order chi connectivity index (χ0) is 14.9. The van der Waals surface area contributed by atoms with Gasteiger partial charge in [-0.2, -0.15) is 0 Å². The number of aromatic amines is 1. The predicted molar refractivity (Wildman–Crippen MR) is 85.9 cm³/mol. The Morgan fingerprint density at radius 2 is 2.10 bits per heavy atom. The average molecular weight is 359 g/mol. The Labute approximate surface area is 131 Å². The van der Waals surface area contributed by atoms with Crippen molar-refractivity contribution in [2.45, 2.75) is 27.2 Å². The van der Waals surface area contributed by atoms with Crippen molar-refractivity contribution in [3.63, 3.8) is 0 Å². The maximum Gasteiger partial charge on any atom is 0.316 e. The van der Waals surface area contributed by atoms with Crippen LogP contribution in [0.2, 0.25) is 5.02 Å². The number of carbonyl (C=O) groups is 1. The zero-order valence-corrected chi connectivity index (χ0v) is 14.1. The molecule has 0 amide bonds. The number of nitrogens with one attached hydrogen (secondary N) is 1. The first-order valence-electron chi connectivity index (χ1n) is 6.40. The van der Waals surface area contributed by atoms with Crippen LogP contribution in [0.5, 0.6) is 5.75 Å². The highest BCUT2D eigenvalue weighted by Crippen LogP contribution is 2.32. The molecular weight excluding hydrogens is 342 g/mol. The number of esters is 1. The normalized spacial score (nSPS) is 11.8. The third kappa shape index (κ3) is 3.18. The number of rotatable bonds is 3. The lowest BCUT2D eigenvalue weighted by atomic mass is 9.97. The molecule has 3 nitrogen and oxygen atoms in total. The lowest BCUT2D eigenvalue weighted by molar-refractivity contribution is -0.142. The summed E-state index contributed by atoms with van der Waals surface area (Å²) in [6.45, 7) is 5.49. The third-order valence-corrected chi connectivity index (χ3v) is 3.74. The van der Waals surface area contributed by atoms with Gasteiger partial charge in [0, 0.05) is 21.9 Å². The van der Waals surface area contributed by atoms with E-state index in [0.29, 0.717) is 10.8 Å². The number of halogens is 2. The van der Waals surface area contributed by atoms with Crippen LogP contribution >= 0.6 is 27.5 Å². The predicted octanol–water partition coefficient (Wildman–Crippen LogP) is 4.71. The number of hydrogen-bond donors (Lipinski definition) is 1. The SMILES string of the molecule is CC(C)(C)C(=O)Oc1c[nH]c2cc(Cl)c(CCBr)cc12. The van der Waals surface area contributed by atoms with Gasteiger partial charge >= 0.3 is 5.97 Å². The summed E-state index contributed by atoms with van der Waals surface area (Å²) in [7, 11) is 0. The fourth-order valence-corrected chi connectivity index (χ4v) is 2.48. The van der Waals surface area contributed by atoms with E-state index in [2.05, 4.69) is 20.9 Å². The van der Waals surface area contributed by atoms with Gasteiger partial charge in [0.15, 0.2) is 5.75 Å². The molecule has 2 aromatic rings. The fourth-order valence-electron chi connectivity index (χ4n) is 1.79. The molecule has 1 heterocycles. The van der Waals surface area contributed by atoms with E-state index in [1.54, 1.807) is 6.20 Å². The van der Waals surface area contributed by atoms with Crippen molar-refractivity contribution in [1.82, 2.24) is 4.98 Å². The molecule has 0 aliphatic carbocycles. The van der Waals surface area contributed by atoms with E-state index in [9.17, 15) is 4.79 Å². The van der Waals surface area contributed by atoms with Gasteiger partial charge in [-0.15, -0.1) is 0 Å². The summed E-state index contributed by atoms with van der Waals surface area (Å²) in [6, 6.07) is 3.84. The van der Waals surface area contributed by atoms with Crippen molar-refractivity contribution >= 4 is 44.4 Å².